The van der Waals surface area contributed by atoms with Crippen LogP contribution in [0.1, 0.15) is 12.5 Å². The van der Waals surface area contributed by atoms with Gasteiger partial charge in [0.15, 0.2) is 0 Å². The van der Waals surface area contributed by atoms with Gasteiger partial charge in [0.05, 0.1) is 7.11 Å². The molecule has 1 rings (SSSR count). The Kier molecular flexibility index (Phi) is 5.80. The maximum atomic E-state index is 5.57. The average Bonchev–Trinajstić information content (AvgIpc) is 2.30. The lowest BCUT2D eigenvalue weighted by atomic mass is 10.2. The molecule has 0 amide bonds. The fourth-order valence-electron chi connectivity index (χ4n) is 1.62. The second kappa shape index (κ2) is 6.89. The molecule has 0 unspecified atom stereocenters. The van der Waals surface area contributed by atoms with E-state index in [1.165, 1.54) is 5.56 Å². The largest absolute Gasteiger partial charge is 0.496 e. The summed E-state index contributed by atoms with van der Waals surface area (Å²) in [6, 6.07) is 6.11. The van der Waals surface area contributed by atoms with Crippen LogP contribution in [0.25, 0.3) is 0 Å². The van der Waals surface area contributed by atoms with E-state index in [0.29, 0.717) is 6.54 Å². The second-order valence-corrected chi connectivity index (χ2v) is 4.53. The Labute approximate surface area is 106 Å². The van der Waals surface area contributed by atoms with E-state index in [2.05, 4.69) is 33.8 Å². The van der Waals surface area contributed by atoms with Crippen molar-refractivity contribution in [2.75, 3.05) is 26.7 Å². The standard InChI is InChI=1S/C12H19BrN2O/c1-3-15(7-6-14)9-10-4-5-11(13)8-12(10)16-2/h4-5,8H,3,6-7,9,14H2,1-2H3. The number of nitrogens with zero attached hydrogens (tertiary/aromatic N) is 1. The van der Waals surface area contributed by atoms with E-state index in [-0.39, 0.29) is 0 Å². The number of rotatable bonds is 6. The monoisotopic (exact) mass is 286 g/mol. The summed E-state index contributed by atoms with van der Waals surface area (Å²) in [6.45, 7) is 5.62. The first-order chi connectivity index (χ1) is 7.71. The molecule has 0 fully saturated rings. The van der Waals surface area contributed by atoms with Crippen molar-refractivity contribution in [2.24, 2.45) is 5.73 Å². The van der Waals surface area contributed by atoms with Gasteiger partial charge in [0, 0.05) is 29.7 Å². The van der Waals surface area contributed by atoms with Crippen molar-refractivity contribution < 1.29 is 4.74 Å². The van der Waals surface area contributed by atoms with Crippen molar-refractivity contribution >= 4 is 15.9 Å². The molecule has 0 spiro atoms. The van der Waals surface area contributed by atoms with Gasteiger partial charge in [-0.1, -0.05) is 28.9 Å². The van der Waals surface area contributed by atoms with E-state index in [4.69, 9.17) is 10.5 Å². The molecule has 90 valence electrons. The molecule has 0 aliphatic heterocycles. The van der Waals surface area contributed by atoms with E-state index in [1.807, 2.05) is 12.1 Å². The zero-order valence-electron chi connectivity index (χ0n) is 9.87. The van der Waals surface area contributed by atoms with Gasteiger partial charge in [-0.05, 0) is 18.7 Å². The Hall–Kier alpha value is -0.580. The molecule has 1 aromatic rings. The molecule has 0 heterocycles. The number of nitrogens with two attached hydrogens (primary N) is 1. The number of methoxy groups -OCH3 is 1. The van der Waals surface area contributed by atoms with Crippen LogP contribution in [0.15, 0.2) is 22.7 Å². The van der Waals surface area contributed by atoms with Gasteiger partial charge in [-0.3, -0.25) is 4.90 Å². The highest BCUT2D eigenvalue weighted by Crippen LogP contribution is 2.24. The smallest absolute Gasteiger partial charge is 0.124 e. The molecule has 0 bridgehead atoms. The molecule has 1 aromatic carbocycles. The topological polar surface area (TPSA) is 38.5 Å². The zero-order chi connectivity index (χ0) is 12.0. The van der Waals surface area contributed by atoms with Gasteiger partial charge in [-0.2, -0.15) is 0 Å². The van der Waals surface area contributed by atoms with Gasteiger partial charge in [0.2, 0.25) is 0 Å². The molecule has 0 saturated heterocycles. The minimum absolute atomic E-state index is 0.687. The lowest BCUT2D eigenvalue weighted by molar-refractivity contribution is 0.282. The number of ether oxygens (including phenoxy) is 1. The Morgan fingerprint density at radius 3 is 2.75 bits per heavy atom. The Morgan fingerprint density at radius 2 is 2.19 bits per heavy atom. The lowest BCUT2D eigenvalue weighted by Gasteiger charge is -2.20. The molecular formula is C12H19BrN2O. The molecule has 0 aromatic heterocycles. The van der Waals surface area contributed by atoms with Crippen molar-refractivity contribution in [2.45, 2.75) is 13.5 Å². The van der Waals surface area contributed by atoms with Crippen LogP contribution in [0, 0.1) is 0 Å². The van der Waals surface area contributed by atoms with Gasteiger partial charge < -0.3 is 10.5 Å². The average molecular weight is 287 g/mol. The second-order valence-electron chi connectivity index (χ2n) is 3.61. The summed E-state index contributed by atoms with van der Waals surface area (Å²) in [5.41, 5.74) is 6.77. The highest BCUT2D eigenvalue weighted by molar-refractivity contribution is 9.10. The molecule has 4 heteroatoms. The number of likely N-dealkylation sites (N-methyl/N-ethyl adjacent to an activating group) is 1. The fraction of sp³-hybridized carbons (Fsp3) is 0.500. The summed E-state index contributed by atoms with van der Waals surface area (Å²) in [4.78, 5) is 2.30. The summed E-state index contributed by atoms with van der Waals surface area (Å²) in [6.07, 6.45) is 0. The van der Waals surface area contributed by atoms with E-state index in [9.17, 15) is 0 Å². The molecule has 0 aliphatic carbocycles. The van der Waals surface area contributed by atoms with Crippen molar-refractivity contribution in [3.8, 4) is 5.75 Å². The molecular weight excluding hydrogens is 268 g/mol. The first-order valence-electron chi connectivity index (χ1n) is 5.46. The Bertz CT molecular complexity index is 331. The van der Waals surface area contributed by atoms with Gasteiger partial charge in [0.25, 0.3) is 0 Å². The minimum Gasteiger partial charge on any atom is -0.496 e. The Morgan fingerprint density at radius 1 is 1.44 bits per heavy atom. The van der Waals surface area contributed by atoms with E-state index >= 15 is 0 Å². The third kappa shape index (κ3) is 3.77. The minimum atomic E-state index is 0.687. The highest BCUT2D eigenvalue weighted by atomic mass is 79.9. The first kappa shape index (κ1) is 13.5. The molecule has 0 saturated carbocycles. The summed E-state index contributed by atoms with van der Waals surface area (Å²) in [5.74, 6) is 0.921. The molecule has 3 nitrogen and oxygen atoms in total. The fourth-order valence-corrected chi connectivity index (χ4v) is 1.96. The normalized spacial score (nSPS) is 10.8. The van der Waals surface area contributed by atoms with Crippen LogP contribution >= 0.6 is 15.9 Å². The van der Waals surface area contributed by atoms with E-state index < -0.39 is 0 Å². The van der Waals surface area contributed by atoms with Gasteiger partial charge in [0.1, 0.15) is 5.75 Å². The van der Waals surface area contributed by atoms with Crippen LogP contribution in [-0.4, -0.2) is 31.6 Å². The third-order valence-corrected chi connectivity index (χ3v) is 3.03. The lowest BCUT2D eigenvalue weighted by Crippen LogP contribution is -2.28. The quantitative estimate of drug-likeness (QED) is 0.872. The highest BCUT2D eigenvalue weighted by Gasteiger charge is 2.08. The number of hydrogen-bond donors (Lipinski definition) is 1. The van der Waals surface area contributed by atoms with Crippen LogP contribution in [-0.2, 0) is 6.54 Å². The summed E-state index contributed by atoms with van der Waals surface area (Å²) in [7, 11) is 1.70. The number of hydrogen-bond acceptors (Lipinski definition) is 3. The zero-order valence-corrected chi connectivity index (χ0v) is 11.5. The van der Waals surface area contributed by atoms with Crippen LogP contribution < -0.4 is 10.5 Å². The molecule has 2 N–H and O–H groups in total. The maximum Gasteiger partial charge on any atom is 0.124 e. The van der Waals surface area contributed by atoms with Gasteiger partial charge in [-0.25, -0.2) is 0 Å². The Balaban J connectivity index is 2.78. The number of benzene rings is 1. The third-order valence-electron chi connectivity index (χ3n) is 2.54. The molecule has 0 radical (unpaired) electrons. The van der Waals surface area contributed by atoms with E-state index in [1.54, 1.807) is 7.11 Å². The predicted molar refractivity (Wildman–Crippen MR) is 70.7 cm³/mol. The summed E-state index contributed by atoms with van der Waals surface area (Å²) < 4.78 is 6.40. The van der Waals surface area contributed by atoms with Crippen molar-refractivity contribution in [1.29, 1.82) is 0 Å². The molecule has 16 heavy (non-hydrogen) atoms. The van der Waals surface area contributed by atoms with Crippen molar-refractivity contribution in [3.63, 3.8) is 0 Å². The number of halogens is 1. The summed E-state index contributed by atoms with van der Waals surface area (Å²) >= 11 is 3.44. The first-order valence-corrected chi connectivity index (χ1v) is 6.25. The van der Waals surface area contributed by atoms with Crippen LogP contribution in [0.4, 0.5) is 0 Å². The predicted octanol–water partition coefficient (Wildman–Crippen LogP) is 2.24. The summed E-state index contributed by atoms with van der Waals surface area (Å²) in [5, 5.41) is 0. The van der Waals surface area contributed by atoms with Crippen LogP contribution in [0.5, 0.6) is 5.75 Å². The van der Waals surface area contributed by atoms with Gasteiger partial charge in [-0.15, -0.1) is 0 Å². The SMILES string of the molecule is CCN(CCN)Cc1ccc(Br)cc1OC. The van der Waals surface area contributed by atoms with Crippen LogP contribution in [0.2, 0.25) is 0 Å². The van der Waals surface area contributed by atoms with Crippen molar-refractivity contribution in [3.05, 3.63) is 28.2 Å². The molecule has 0 aliphatic rings. The van der Waals surface area contributed by atoms with Gasteiger partial charge >= 0.3 is 0 Å². The van der Waals surface area contributed by atoms with E-state index in [0.717, 1.165) is 29.9 Å². The molecule has 0 atom stereocenters. The maximum absolute atomic E-state index is 5.57. The van der Waals surface area contributed by atoms with Crippen LogP contribution in [0.3, 0.4) is 0 Å². The van der Waals surface area contributed by atoms with Crippen molar-refractivity contribution in [1.82, 2.24) is 4.90 Å².